The van der Waals surface area contributed by atoms with E-state index < -0.39 is 0 Å². The molecule has 0 atom stereocenters. The number of esters is 1. The lowest BCUT2D eigenvalue weighted by Crippen LogP contribution is -2.38. The molecular formula is C11H12O4. The van der Waals surface area contributed by atoms with Gasteiger partial charge in [0, 0.05) is 0 Å². The average molecular weight is 208 g/mol. The van der Waals surface area contributed by atoms with E-state index >= 15 is 0 Å². The highest BCUT2D eigenvalue weighted by molar-refractivity contribution is 5.89. The van der Waals surface area contributed by atoms with Crippen LogP contribution in [0.2, 0.25) is 0 Å². The summed E-state index contributed by atoms with van der Waals surface area (Å²) in [6.45, 7) is 1.23. The van der Waals surface area contributed by atoms with Gasteiger partial charge in [-0.3, -0.25) is 0 Å². The van der Waals surface area contributed by atoms with Gasteiger partial charge in [0.15, 0.2) is 0 Å². The highest BCUT2D eigenvalue weighted by atomic mass is 16.6. The third-order valence-electron chi connectivity index (χ3n) is 2.17. The Bertz CT molecular complexity index is 357. The van der Waals surface area contributed by atoms with Gasteiger partial charge in [-0.15, -0.1) is 0 Å². The quantitative estimate of drug-likeness (QED) is 0.701. The minimum absolute atomic E-state index is 0.109. The Morgan fingerprint density at radius 2 is 2.27 bits per heavy atom. The van der Waals surface area contributed by atoms with Crippen molar-refractivity contribution in [2.24, 2.45) is 0 Å². The molecule has 1 aliphatic rings. The normalized spacial score (nSPS) is 15.5. The number of carbonyl (C=O) groups excluding carboxylic acids is 1. The van der Waals surface area contributed by atoms with Crippen LogP contribution in [0.3, 0.4) is 0 Å². The molecule has 4 nitrogen and oxygen atoms in total. The van der Waals surface area contributed by atoms with Crippen LogP contribution in [-0.4, -0.2) is 32.4 Å². The summed E-state index contributed by atoms with van der Waals surface area (Å²) in [5, 5.41) is 0. The molecule has 0 amide bonds. The lowest BCUT2D eigenvalue weighted by molar-refractivity contribution is -0.0797. The van der Waals surface area contributed by atoms with Crippen LogP contribution in [-0.2, 0) is 9.47 Å². The first-order valence-electron chi connectivity index (χ1n) is 4.72. The van der Waals surface area contributed by atoms with Gasteiger partial charge in [0.2, 0.25) is 0 Å². The molecule has 4 heteroatoms. The van der Waals surface area contributed by atoms with E-state index in [-0.39, 0.29) is 12.1 Å². The van der Waals surface area contributed by atoms with E-state index in [4.69, 9.17) is 9.47 Å². The van der Waals surface area contributed by atoms with Crippen molar-refractivity contribution >= 4 is 5.97 Å². The molecule has 1 aromatic rings. The highest BCUT2D eigenvalue weighted by Crippen LogP contribution is 2.18. The minimum Gasteiger partial charge on any atom is -0.486 e. The molecule has 0 radical (unpaired) electrons. The topological polar surface area (TPSA) is 44.8 Å². The summed E-state index contributed by atoms with van der Waals surface area (Å²) >= 11 is 0. The third-order valence-corrected chi connectivity index (χ3v) is 2.17. The van der Waals surface area contributed by atoms with Gasteiger partial charge in [0.1, 0.15) is 11.9 Å². The summed E-state index contributed by atoms with van der Waals surface area (Å²) in [5.41, 5.74) is 0.496. The maximum absolute atomic E-state index is 11.2. The van der Waals surface area contributed by atoms with Crippen molar-refractivity contribution in [1.82, 2.24) is 0 Å². The largest absolute Gasteiger partial charge is 0.486 e. The van der Waals surface area contributed by atoms with Crippen LogP contribution in [0.5, 0.6) is 5.75 Å². The number of hydrogen-bond donors (Lipinski definition) is 0. The monoisotopic (exact) mass is 208 g/mol. The maximum atomic E-state index is 11.2. The highest BCUT2D eigenvalue weighted by Gasteiger charge is 2.20. The van der Waals surface area contributed by atoms with Crippen LogP contribution in [0.15, 0.2) is 24.3 Å². The standard InChI is InChI=1S/C11H12O4/c1-13-11(12)8-3-2-4-9(5-8)15-10-6-14-7-10/h2-5,10H,6-7H2,1H3. The van der Waals surface area contributed by atoms with Crippen LogP contribution < -0.4 is 4.74 Å². The fourth-order valence-electron chi connectivity index (χ4n) is 1.29. The van der Waals surface area contributed by atoms with Gasteiger partial charge in [-0.1, -0.05) is 6.07 Å². The molecule has 80 valence electrons. The second-order valence-electron chi connectivity index (χ2n) is 3.30. The third kappa shape index (κ3) is 2.27. The summed E-state index contributed by atoms with van der Waals surface area (Å²) in [7, 11) is 1.36. The molecule has 0 spiro atoms. The van der Waals surface area contributed by atoms with Gasteiger partial charge in [0.25, 0.3) is 0 Å². The molecule has 0 aliphatic carbocycles. The SMILES string of the molecule is COC(=O)c1cccc(OC2COC2)c1. The van der Waals surface area contributed by atoms with Crippen molar-refractivity contribution in [3.63, 3.8) is 0 Å². The molecule has 1 fully saturated rings. The molecule has 1 heterocycles. The van der Waals surface area contributed by atoms with E-state index in [1.54, 1.807) is 18.2 Å². The molecule has 2 rings (SSSR count). The van der Waals surface area contributed by atoms with Crippen molar-refractivity contribution in [3.8, 4) is 5.75 Å². The first kappa shape index (κ1) is 9.98. The van der Waals surface area contributed by atoms with E-state index in [9.17, 15) is 4.79 Å². The van der Waals surface area contributed by atoms with Crippen LogP contribution in [0.1, 0.15) is 10.4 Å². The zero-order chi connectivity index (χ0) is 10.7. The summed E-state index contributed by atoms with van der Waals surface area (Å²) in [5.74, 6) is 0.316. The predicted octanol–water partition coefficient (Wildman–Crippen LogP) is 1.25. The summed E-state index contributed by atoms with van der Waals surface area (Å²) in [6, 6.07) is 6.94. The molecule has 0 N–H and O–H groups in total. The van der Waals surface area contributed by atoms with Gasteiger partial charge in [-0.25, -0.2) is 4.79 Å². The van der Waals surface area contributed by atoms with Crippen LogP contribution in [0.25, 0.3) is 0 Å². The molecule has 1 saturated heterocycles. The van der Waals surface area contributed by atoms with E-state index in [1.807, 2.05) is 6.07 Å². The summed E-state index contributed by atoms with van der Waals surface area (Å²) < 4.78 is 15.2. The predicted molar refractivity (Wildman–Crippen MR) is 53.0 cm³/mol. The number of methoxy groups -OCH3 is 1. The molecule has 1 aromatic carbocycles. The fourth-order valence-corrected chi connectivity index (χ4v) is 1.29. The van der Waals surface area contributed by atoms with Gasteiger partial charge < -0.3 is 14.2 Å². The van der Waals surface area contributed by atoms with Crippen molar-refractivity contribution in [2.45, 2.75) is 6.10 Å². The smallest absolute Gasteiger partial charge is 0.337 e. The lowest BCUT2D eigenvalue weighted by Gasteiger charge is -2.26. The maximum Gasteiger partial charge on any atom is 0.337 e. The average Bonchev–Trinajstić information content (AvgIpc) is 2.23. The Kier molecular flexibility index (Phi) is 2.87. The number of benzene rings is 1. The van der Waals surface area contributed by atoms with Crippen LogP contribution in [0, 0.1) is 0 Å². The van der Waals surface area contributed by atoms with Crippen LogP contribution in [0.4, 0.5) is 0 Å². The molecule has 0 saturated carbocycles. The molecule has 15 heavy (non-hydrogen) atoms. The number of carbonyl (C=O) groups is 1. The lowest BCUT2D eigenvalue weighted by atomic mass is 10.2. The first-order valence-corrected chi connectivity index (χ1v) is 4.72. The van der Waals surface area contributed by atoms with Crippen molar-refractivity contribution in [1.29, 1.82) is 0 Å². The Hall–Kier alpha value is -1.55. The number of ether oxygens (including phenoxy) is 3. The van der Waals surface area contributed by atoms with E-state index in [1.165, 1.54) is 7.11 Å². The summed E-state index contributed by atoms with van der Waals surface area (Å²) in [6.07, 6.45) is 0.109. The fraction of sp³-hybridized carbons (Fsp3) is 0.364. The zero-order valence-corrected chi connectivity index (χ0v) is 8.43. The second-order valence-corrected chi connectivity index (χ2v) is 3.30. The number of rotatable bonds is 3. The first-order chi connectivity index (χ1) is 7.29. The zero-order valence-electron chi connectivity index (χ0n) is 8.43. The molecular weight excluding hydrogens is 196 g/mol. The van der Waals surface area contributed by atoms with Gasteiger partial charge in [-0.2, -0.15) is 0 Å². The van der Waals surface area contributed by atoms with Crippen molar-refractivity contribution < 1.29 is 19.0 Å². The molecule has 1 aliphatic heterocycles. The molecule has 0 bridgehead atoms. The van der Waals surface area contributed by atoms with E-state index in [0.717, 1.165) is 0 Å². The minimum atomic E-state index is -0.356. The Morgan fingerprint density at radius 3 is 2.87 bits per heavy atom. The molecule has 0 unspecified atom stereocenters. The van der Waals surface area contributed by atoms with E-state index in [0.29, 0.717) is 24.5 Å². The van der Waals surface area contributed by atoms with Crippen LogP contribution >= 0.6 is 0 Å². The van der Waals surface area contributed by atoms with Gasteiger partial charge in [-0.05, 0) is 18.2 Å². The van der Waals surface area contributed by atoms with E-state index in [2.05, 4.69) is 4.74 Å². The Morgan fingerprint density at radius 1 is 1.47 bits per heavy atom. The second kappa shape index (κ2) is 4.31. The van der Waals surface area contributed by atoms with Gasteiger partial charge >= 0.3 is 5.97 Å². The molecule has 0 aromatic heterocycles. The Balaban J connectivity index is 2.07. The summed E-state index contributed by atoms with van der Waals surface area (Å²) in [4.78, 5) is 11.2. The Labute approximate surface area is 87.8 Å². The van der Waals surface area contributed by atoms with Crippen molar-refractivity contribution in [3.05, 3.63) is 29.8 Å². The number of hydrogen-bond acceptors (Lipinski definition) is 4. The van der Waals surface area contributed by atoms with Gasteiger partial charge in [0.05, 0.1) is 25.9 Å². The van der Waals surface area contributed by atoms with Crippen molar-refractivity contribution in [2.75, 3.05) is 20.3 Å².